The molecule has 1 amide bonds. The van der Waals surface area contributed by atoms with Gasteiger partial charge in [-0.2, -0.15) is 0 Å². The largest absolute Gasteiger partial charge is 0.337 e. The normalized spacial score (nSPS) is 9.92. The second-order valence-electron chi connectivity index (χ2n) is 2.20. The number of carbonyl (C=O) groups is 1. The fourth-order valence-corrected chi connectivity index (χ4v) is 0.804. The molecule has 0 saturated heterocycles. The summed E-state index contributed by atoms with van der Waals surface area (Å²) in [7, 11) is 0. The van der Waals surface area contributed by atoms with Crippen LogP contribution in [0.1, 0.15) is 6.42 Å². The zero-order chi connectivity index (χ0) is 9.40. The lowest BCUT2D eigenvalue weighted by atomic mass is 10.3. The van der Waals surface area contributed by atoms with Crippen molar-refractivity contribution in [3.8, 4) is 0 Å². The predicted octanol–water partition coefficient (Wildman–Crippen LogP) is 1.11. The number of halogens is 3. The van der Waals surface area contributed by atoms with E-state index in [1.165, 1.54) is 0 Å². The summed E-state index contributed by atoms with van der Waals surface area (Å²) in [5, 5.41) is 0. The third-order valence-electron chi connectivity index (χ3n) is 1.37. The van der Waals surface area contributed by atoms with Crippen LogP contribution in [0, 0.1) is 0 Å². The number of hydrogen-bond acceptors (Lipinski definition) is 1. The highest BCUT2D eigenvalue weighted by Gasteiger charge is 2.11. The molecule has 72 valence electrons. The molecular weight excluding hydrogens is 171 g/mol. The smallest absolute Gasteiger partial charge is 0.225 e. The Bertz CT molecular complexity index is 126. The van der Waals surface area contributed by atoms with Crippen molar-refractivity contribution in [3.05, 3.63) is 0 Å². The first-order valence-electron chi connectivity index (χ1n) is 3.72. The Balaban J connectivity index is 3.81. The second kappa shape index (κ2) is 6.94. The fraction of sp³-hybridized carbons (Fsp3) is 0.857. The van der Waals surface area contributed by atoms with Crippen LogP contribution in [-0.4, -0.2) is 43.9 Å². The maximum absolute atomic E-state index is 11.8. The minimum atomic E-state index is -0.784. The Labute approximate surface area is 69.3 Å². The van der Waals surface area contributed by atoms with E-state index in [-0.39, 0.29) is 19.5 Å². The van der Waals surface area contributed by atoms with Crippen molar-refractivity contribution in [1.29, 1.82) is 0 Å². The van der Waals surface area contributed by atoms with Crippen LogP contribution in [0.5, 0.6) is 0 Å². The van der Waals surface area contributed by atoms with Gasteiger partial charge < -0.3 is 4.90 Å². The van der Waals surface area contributed by atoms with Gasteiger partial charge in [0.25, 0.3) is 0 Å². The lowest BCUT2D eigenvalue weighted by molar-refractivity contribution is -0.131. The first-order chi connectivity index (χ1) is 5.76. The lowest BCUT2D eigenvalue weighted by Gasteiger charge is -2.18. The summed E-state index contributed by atoms with van der Waals surface area (Å²) in [6.45, 7) is -2.53. The van der Waals surface area contributed by atoms with Crippen molar-refractivity contribution >= 4 is 5.91 Å². The molecule has 0 radical (unpaired) electrons. The number of rotatable bonds is 6. The van der Waals surface area contributed by atoms with Crippen molar-refractivity contribution in [1.82, 2.24) is 4.90 Å². The van der Waals surface area contributed by atoms with E-state index in [2.05, 4.69) is 0 Å². The molecular formula is C7H12F3NO. The van der Waals surface area contributed by atoms with E-state index in [1.807, 2.05) is 0 Å². The van der Waals surface area contributed by atoms with Gasteiger partial charge in [-0.15, -0.1) is 0 Å². The first-order valence-corrected chi connectivity index (χ1v) is 3.72. The van der Waals surface area contributed by atoms with Gasteiger partial charge in [0.2, 0.25) is 5.91 Å². The van der Waals surface area contributed by atoms with Crippen LogP contribution >= 0.6 is 0 Å². The molecule has 0 aliphatic rings. The Morgan fingerprint density at radius 2 is 1.50 bits per heavy atom. The van der Waals surface area contributed by atoms with E-state index in [1.54, 1.807) is 0 Å². The molecule has 0 fully saturated rings. The molecule has 0 aromatic carbocycles. The van der Waals surface area contributed by atoms with Crippen molar-refractivity contribution in [3.63, 3.8) is 0 Å². The van der Waals surface area contributed by atoms with Gasteiger partial charge in [-0.1, -0.05) is 0 Å². The molecule has 0 N–H and O–H groups in total. The molecule has 0 bridgehead atoms. The van der Waals surface area contributed by atoms with Gasteiger partial charge in [-0.25, -0.2) is 8.78 Å². The zero-order valence-corrected chi connectivity index (χ0v) is 6.73. The monoisotopic (exact) mass is 183 g/mol. The maximum atomic E-state index is 11.8. The summed E-state index contributed by atoms with van der Waals surface area (Å²) in [5.74, 6) is -0.534. The fourth-order valence-electron chi connectivity index (χ4n) is 0.804. The predicted molar refractivity (Wildman–Crippen MR) is 39.1 cm³/mol. The SMILES string of the molecule is O=C(CCF)N(CCF)CCF. The van der Waals surface area contributed by atoms with Crippen molar-refractivity contribution in [2.24, 2.45) is 0 Å². The Hall–Kier alpha value is -0.740. The molecule has 0 aliphatic heterocycles. The van der Waals surface area contributed by atoms with Gasteiger partial charge in [0.1, 0.15) is 13.3 Å². The molecule has 12 heavy (non-hydrogen) atoms. The topological polar surface area (TPSA) is 20.3 Å². The molecule has 5 heteroatoms. The number of carbonyl (C=O) groups excluding carboxylic acids is 1. The van der Waals surface area contributed by atoms with Crippen LogP contribution < -0.4 is 0 Å². The van der Waals surface area contributed by atoms with E-state index in [0.29, 0.717) is 0 Å². The van der Waals surface area contributed by atoms with E-state index in [9.17, 15) is 18.0 Å². The van der Waals surface area contributed by atoms with Gasteiger partial charge in [-0.05, 0) is 0 Å². The van der Waals surface area contributed by atoms with Crippen molar-refractivity contribution in [2.75, 3.05) is 33.1 Å². The average Bonchev–Trinajstić information content (AvgIpc) is 2.04. The standard InChI is InChI=1S/C7H12F3NO/c8-2-1-7(12)11(5-3-9)6-4-10/h1-6H2. The van der Waals surface area contributed by atoms with Gasteiger partial charge in [0, 0.05) is 13.1 Å². The summed E-state index contributed by atoms with van der Waals surface area (Å²) in [6.07, 6.45) is -0.292. The number of alkyl halides is 3. The summed E-state index contributed by atoms with van der Waals surface area (Å²) >= 11 is 0. The highest BCUT2D eigenvalue weighted by atomic mass is 19.1. The van der Waals surface area contributed by atoms with E-state index in [0.717, 1.165) is 4.90 Å². The van der Waals surface area contributed by atoms with Crippen LogP contribution in [0.25, 0.3) is 0 Å². The van der Waals surface area contributed by atoms with E-state index < -0.39 is 25.9 Å². The molecule has 0 rings (SSSR count). The molecule has 0 aromatic heterocycles. The third-order valence-corrected chi connectivity index (χ3v) is 1.37. The average molecular weight is 183 g/mol. The minimum absolute atomic E-state index is 0.150. The van der Waals surface area contributed by atoms with Gasteiger partial charge in [0.05, 0.1) is 13.1 Å². The van der Waals surface area contributed by atoms with Crippen LogP contribution in [0.3, 0.4) is 0 Å². The molecule has 0 saturated carbocycles. The summed E-state index contributed by atoms with van der Waals surface area (Å²) < 4.78 is 35.2. The summed E-state index contributed by atoms with van der Waals surface area (Å²) in [5.41, 5.74) is 0. The highest BCUT2D eigenvalue weighted by molar-refractivity contribution is 5.76. The Morgan fingerprint density at radius 1 is 1.00 bits per heavy atom. The van der Waals surface area contributed by atoms with Crippen LogP contribution in [-0.2, 0) is 4.79 Å². The van der Waals surface area contributed by atoms with Gasteiger partial charge in [-0.3, -0.25) is 9.18 Å². The number of amides is 1. The molecule has 0 atom stereocenters. The number of hydrogen-bond donors (Lipinski definition) is 0. The lowest BCUT2D eigenvalue weighted by Crippen LogP contribution is -2.34. The second-order valence-corrected chi connectivity index (χ2v) is 2.20. The van der Waals surface area contributed by atoms with E-state index >= 15 is 0 Å². The third kappa shape index (κ3) is 4.20. The first kappa shape index (κ1) is 11.3. The Morgan fingerprint density at radius 3 is 1.83 bits per heavy atom. The van der Waals surface area contributed by atoms with Gasteiger partial charge in [0.15, 0.2) is 0 Å². The molecule has 0 aliphatic carbocycles. The van der Waals surface area contributed by atoms with Crippen molar-refractivity contribution < 1.29 is 18.0 Å². The molecule has 0 heterocycles. The zero-order valence-electron chi connectivity index (χ0n) is 6.73. The quantitative estimate of drug-likeness (QED) is 0.604. The minimum Gasteiger partial charge on any atom is -0.337 e. The molecule has 0 aromatic rings. The van der Waals surface area contributed by atoms with Crippen LogP contribution in [0.4, 0.5) is 13.2 Å². The van der Waals surface area contributed by atoms with Crippen LogP contribution in [0.15, 0.2) is 0 Å². The Kier molecular flexibility index (Phi) is 6.51. The van der Waals surface area contributed by atoms with Crippen molar-refractivity contribution in [2.45, 2.75) is 6.42 Å². The molecule has 0 unspecified atom stereocenters. The molecule has 2 nitrogen and oxygen atoms in total. The number of nitrogens with zero attached hydrogens (tertiary/aromatic N) is 1. The van der Waals surface area contributed by atoms with Crippen LogP contribution in [0.2, 0.25) is 0 Å². The summed E-state index contributed by atoms with van der Waals surface area (Å²) in [6, 6.07) is 0. The van der Waals surface area contributed by atoms with Gasteiger partial charge >= 0.3 is 0 Å². The van der Waals surface area contributed by atoms with E-state index in [4.69, 9.17) is 0 Å². The highest BCUT2D eigenvalue weighted by Crippen LogP contribution is 1.95. The maximum Gasteiger partial charge on any atom is 0.225 e. The molecule has 0 spiro atoms. The summed E-state index contributed by atoms with van der Waals surface area (Å²) in [4.78, 5) is 11.9.